The number of alkyl carbamates (subject to hydrolysis) is 1. The van der Waals surface area contributed by atoms with E-state index in [0.29, 0.717) is 5.56 Å². The molecule has 1 rings (SSSR count). The Kier molecular flexibility index (Phi) is 8.36. The lowest BCUT2D eigenvalue weighted by atomic mass is 10.1. The summed E-state index contributed by atoms with van der Waals surface area (Å²) in [5.41, 5.74) is -0.327. The fourth-order valence-electron chi connectivity index (χ4n) is 2.13. The van der Waals surface area contributed by atoms with E-state index in [2.05, 4.69) is 5.32 Å². The van der Waals surface area contributed by atoms with Crippen LogP contribution in [0.3, 0.4) is 0 Å². The van der Waals surface area contributed by atoms with Gasteiger partial charge in [-0.3, -0.25) is 14.9 Å². The van der Waals surface area contributed by atoms with E-state index in [1.165, 1.54) is 24.3 Å². The minimum atomic E-state index is -1.08. The number of hydrogen-bond acceptors (Lipinski definition) is 7. The van der Waals surface area contributed by atoms with E-state index in [1.807, 2.05) is 0 Å². The number of carboxylic acid groups (broad SMARTS) is 1. The van der Waals surface area contributed by atoms with E-state index in [9.17, 15) is 24.5 Å². The number of amides is 1. The summed E-state index contributed by atoms with van der Waals surface area (Å²) in [6.07, 6.45) is -0.769. The van der Waals surface area contributed by atoms with Crippen LogP contribution < -0.4 is 5.32 Å². The zero-order valence-electron chi connectivity index (χ0n) is 16.0. The highest BCUT2D eigenvalue weighted by Crippen LogP contribution is 2.14. The number of benzene rings is 1. The Hall–Kier alpha value is -3.17. The molecule has 10 nitrogen and oxygen atoms in total. The third-order valence-corrected chi connectivity index (χ3v) is 3.39. The Morgan fingerprint density at radius 2 is 1.82 bits per heavy atom. The van der Waals surface area contributed by atoms with Crippen LogP contribution in [0.25, 0.3) is 0 Å². The molecule has 0 saturated carbocycles. The van der Waals surface area contributed by atoms with Gasteiger partial charge >= 0.3 is 18.0 Å². The molecule has 0 radical (unpaired) electrons. The predicted molar refractivity (Wildman–Crippen MR) is 97.5 cm³/mol. The number of carbonyl (C=O) groups is 3. The Bertz CT molecular complexity index is 709. The van der Waals surface area contributed by atoms with Crippen molar-refractivity contribution in [2.24, 2.45) is 0 Å². The van der Waals surface area contributed by atoms with E-state index in [-0.39, 0.29) is 31.6 Å². The van der Waals surface area contributed by atoms with Crippen LogP contribution in [0.1, 0.15) is 45.6 Å². The zero-order valence-corrected chi connectivity index (χ0v) is 16.0. The molecule has 1 aromatic carbocycles. The normalized spacial score (nSPS) is 12.0. The number of rotatable bonds is 9. The van der Waals surface area contributed by atoms with E-state index in [0.717, 1.165) is 0 Å². The average Bonchev–Trinajstić information content (AvgIpc) is 2.57. The maximum Gasteiger partial charge on any atom is 0.408 e. The van der Waals surface area contributed by atoms with Crippen molar-refractivity contribution in [3.8, 4) is 0 Å². The molecular weight excluding hydrogens is 372 g/mol. The molecule has 0 saturated heterocycles. The number of nitrogens with one attached hydrogen (secondary N) is 1. The van der Waals surface area contributed by atoms with Crippen molar-refractivity contribution in [3.05, 3.63) is 39.9 Å². The SMILES string of the molecule is CC(C)(C)OC(=O)N[C@@H](CCCC(=O)O)C(=O)OCc1ccc([N+](=O)[O-])cc1. The minimum absolute atomic E-state index is 0.0602. The highest BCUT2D eigenvalue weighted by Gasteiger charge is 2.25. The number of nitro benzene ring substituents is 1. The van der Waals surface area contributed by atoms with Crippen LogP contribution in [0, 0.1) is 10.1 Å². The van der Waals surface area contributed by atoms with Gasteiger partial charge in [0, 0.05) is 18.6 Å². The van der Waals surface area contributed by atoms with E-state index in [4.69, 9.17) is 14.6 Å². The molecule has 0 spiro atoms. The molecule has 0 aliphatic heterocycles. The van der Waals surface area contributed by atoms with Crippen molar-refractivity contribution < 1.29 is 33.9 Å². The molecule has 0 fully saturated rings. The number of carboxylic acids is 1. The third kappa shape index (κ3) is 8.97. The molecule has 0 bridgehead atoms. The van der Waals surface area contributed by atoms with Gasteiger partial charge in [0.15, 0.2) is 0 Å². The van der Waals surface area contributed by atoms with Gasteiger partial charge in [0.05, 0.1) is 4.92 Å². The fourth-order valence-corrected chi connectivity index (χ4v) is 2.13. The van der Waals surface area contributed by atoms with Gasteiger partial charge < -0.3 is 19.9 Å². The summed E-state index contributed by atoms with van der Waals surface area (Å²) in [6, 6.07) is 4.39. The quantitative estimate of drug-likeness (QED) is 0.368. The van der Waals surface area contributed by atoms with Gasteiger partial charge in [-0.1, -0.05) is 0 Å². The van der Waals surface area contributed by atoms with Gasteiger partial charge in [-0.2, -0.15) is 0 Å². The van der Waals surface area contributed by atoms with Gasteiger partial charge in [0.2, 0.25) is 0 Å². The summed E-state index contributed by atoms with van der Waals surface area (Å²) in [6.45, 7) is 4.85. The van der Waals surface area contributed by atoms with Gasteiger partial charge in [-0.15, -0.1) is 0 Å². The first-order valence-corrected chi connectivity index (χ1v) is 8.59. The molecule has 1 aromatic rings. The molecule has 0 unspecified atom stereocenters. The molecule has 1 atom stereocenters. The summed E-state index contributed by atoms with van der Waals surface area (Å²) in [7, 11) is 0. The molecule has 154 valence electrons. The van der Waals surface area contributed by atoms with Crippen LogP contribution >= 0.6 is 0 Å². The lowest BCUT2D eigenvalue weighted by Gasteiger charge is -2.23. The van der Waals surface area contributed by atoms with Crippen molar-refractivity contribution in [1.82, 2.24) is 5.32 Å². The Labute approximate surface area is 162 Å². The lowest BCUT2D eigenvalue weighted by molar-refractivity contribution is -0.384. The smallest absolute Gasteiger partial charge is 0.408 e. The average molecular weight is 396 g/mol. The first kappa shape index (κ1) is 22.9. The number of non-ortho nitro benzene ring substituents is 1. The van der Waals surface area contributed by atoms with Crippen molar-refractivity contribution in [1.29, 1.82) is 0 Å². The molecular formula is C18H24N2O8. The summed E-state index contributed by atoms with van der Waals surface area (Å²) < 4.78 is 10.3. The summed E-state index contributed by atoms with van der Waals surface area (Å²) >= 11 is 0. The summed E-state index contributed by atoms with van der Waals surface area (Å²) in [5, 5.41) is 21.8. The standard InChI is InChI=1S/C18H24N2O8/c1-18(2,3)28-17(24)19-14(5-4-6-15(21)22)16(23)27-11-12-7-9-13(10-8-12)20(25)26/h7-10,14H,4-6,11H2,1-3H3,(H,19,24)(H,21,22)/t14-/m0/s1. The molecule has 0 aliphatic carbocycles. The largest absolute Gasteiger partial charge is 0.481 e. The summed E-state index contributed by atoms with van der Waals surface area (Å²) in [5.74, 6) is -1.77. The van der Waals surface area contributed by atoms with Crippen molar-refractivity contribution in [3.63, 3.8) is 0 Å². The third-order valence-electron chi connectivity index (χ3n) is 3.39. The molecule has 2 N–H and O–H groups in total. The minimum Gasteiger partial charge on any atom is -0.481 e. The van der Waals surface area contributed by atoms with E-state index < -0.39 is 34.6 Å². The Morgan fingerprint density at radius 1 is 1.21 bits per heavy atom. The molecule has 10 heteroatoms. The van der Waals surface area contributed by atoms with Crippen molar-refractivity contribution >= 4 is 23.7 Å². The second-order valence-corrected chi connectivity index (χ2v) is 7.02. The number of carbonyl (C=O) groups excluding carboxylic acids is 2. The Morgan fingerprint density at radius 3 is 2.32 bits per heavy atom. The van der Waals surface area contributed by atoms with Crippen LogP contribution in [0.5, 0.6) is 0 Å². The second kappa shape index (κ2) is 10.2. The van der Waals surface area contributed by atoms with E-state index >= 15 is 0 Å². The maximum absolute atomic E-state index is 12.3. The van der Waals surface area contributed by atoms with E-state index in [1.54, 1.807) is 20.8 Å². The number of nitro groups is 1. The second-order valence-electron chi connectivity index (χ2n) is 7.02. The number of hydrogen-bond donors (Lipinski definition) is 2. The lowest BCUT2D eigenvalue weighted by Crippen LogP contribution is -2.44. The Balaban J connectivity index is 2.69. The van der Waals surface area contributed by atoms with Gasteiger partial charge in [0.1, 0.15) is 18.2 Å². The van der Waals surface area contributed by atoms with Crippen LogP contribution in [-0.4, -0.2) is 39.7 Å². The van der Waals surface area contributed by atoms with Crippen LogP contribution in [0.15, 0.2) is 24.3 Å². The molecule has 28 heavy (non-hydrogen) atoms. The fraction of sp³-hybridized carbons (Fsp3) is 0.500. The van der Waals surface area contributed by atoms with Gasteiger partial charge in [-0.25, -0.2) is 9.59 Å². The molecule has 0 aromatic heterocycles. The highest BCUT2D eigenvalue weighted by atomic mass is 16.6. The first-order valence-electron chi connectivity index (χ1n) is 8.59. The highest BCUT2D eigenvalue weighted by molar-refractivity contribution is 5.81. The van der Waals surface area contributed by atoms with Crippen LogP contribution in [0.2, 0.25) is 0 Å². The first-order chi connectivity index (χ1) is 13.0. The van der Waals surface area contributed by atoms with Crippen LogP contribution in [-0.2, 0) is 25.7 Å². The summed E-state index contributed by atoms with van der Waals surface area (Å²) in [4.78, 5) is 45.0. The van der Waals surface area contributed by atoms with Crippen molar-refractivity contribution in [2.45, 2.75) is 58.3 Å². The topological polar surface area (TPSA) is 145 Å². The van der Waals surface area contributed by atoms with Gasteiger partial charge in [0.25, 0.3) is 5.69 Å². The number of ether oxygens (including phenoxy) is 2. The maximum atomic E-state index is 12.3. The number of esters is 1. The molecule has 1 amide bonds. The number of aliphatic carboxylic acids is 1. The zero-order chi connectivity index (χ0) is 21.3. The van der Waals surface area contributed by atoms with Gasteiger partial charge in [-0.05, 0) is 51.3 Å². The molecule has 0 aliphatic rings. The van der Waals surface area contributed by atoms with Crippen molar-refractivity contribution in [2.75, 3.05) is 0 Å². The number of nitrogens with zero attached hydrogens (tertiary/aromatic N) is 1. The monoisotopic (exact) mass is 396 g/mol. The molecule has 0 heterocycles. The van der Waals surface area contributed by atoms with Crippen LogP contribution in [0.4, 0.5) is 10.5 Å². The predicted octanol–water partition coefficient (Wildman–Crippen LogP) is 2.79.